The van der Waals surface area contributed by atoms with E-state index in [1.807, 2.05) is 0 Å². The Labute approximate surface area is 77.7 Å². The molecule has 0 bridgehead atoms. The zero-order valence-electron chi connectivity index (χ0n) is 9.41. The lowest BCUT2D eigenvalue weighted by atomic mass is 9.83. The van der Waals surface area contributed by atoms with E-state index in [9.17, 15) is 0 Å². The maximum absolute atomic E-state index is 5.66. The Morgan fingerprint density at radius 1 is 0.917 bits per heavy atom. The zero-order chi connectivity index (χ0) is 9.83. The van der Waals surface area contributed by atoms with Gasteiger partial charge in [-0.1, -0.05) is 41.0 Å². The van der Waals surface area contributed by atoms with Crippen LogP contribution in [0.3, 0.4) is 0 Å². The minimum absolute atomic E-state index is 0.339. The minimum Gasteiger partial charge on any atom is -0.330 e. The van der Waals surface area contributed by atoms with E-state index in [1.165, 1.54) is 19.3 Å². The Morgan fingerprint density at radius 3 is 1.75 bits per heavy atom. The van der Waals surface area contributed by atoms with Gasteiger partial charge in [-0.05, 0) is 30.2 Å². The minimum atomic E-state index is 0.339. The van der Waals surface area contributed by atoms with Crippen molar-refractivity contribution in [2.45, 2.75) is 53.9 Å². The number of rotatable bonds is 4. The lowest BCUT2D eigenvalue weighted by Crippen LogP contribution is -2.23. The van der Waals surface area contributed by atoms with Crippen LogP contribution in [-0.2, 0) is 0 Å². The molecule has 1 nitrogen and oxygen atoms in total. The van der Waals surface area contributed by atoms with Crippen molar-refractivity contribution >= 4 is 0 Å². The average molecular weight is 171 g/mol. The molecule has 0 saturated carbocycles. The second-order valence-electron chi connectivity index (χ2n) is 5.78. The molecular formula is C11H25N. The molecule has 0 fully saturated rings. The molecule has 0 heterocycles. The Balaban J connectivity index is 3.57. The third kappa shape index (κ3) is 6.66. The molecule has 12 heavy (non-hydrogen) atoms. The molecule has 0 rings (SSSR count). The van der Waals surface area contributed by atoms with Crippen LogP contribution in [0.15, 0.2) is 0 Å². The molecule has 0 saturated heterocycles. The zero-order valence-corrected chi connectivity index (χ0v) is 9.41. The van der Waals surface area contributed by atoms with E-state index in [0.29, 0.717) is 10.8 Å². The summed E-state index contributed by atoms with van der Waals surface area (Å²) in [5.41, 5.74) is 6.47. The Hall–Kier alpha value is -0.0400. The molecule has 0 aliphatic carbocycles. The maximum atomic E-state index is 5.66. The monoisotopic (exact) mass is 171 g/mol. The Bertz CT molecular complexity index is 119. The van der Waals surface area contributed by atoms with Crippen molar-refractivity contribution in [2.24, 2.45) is 16.6 Å². The molecule has 0 atom stereocenters. The van der Waals surface area contributed by atoms with Crippen molar-refractivity contribution in [3.8, 4) is 0 Å². The fourth-order valence-electron chi connectivity index (χ4n) is 1.20. The van der Waals surface area contributed by atoms with Gasteiger partial charge in [-0.15, -0.1) is 0 Å². The normalized spacial score (nSPS) is 13.5. The van der Waals surface area contributed by atoms with Crippen molar-refractivity contribution < 1.29 is 0 Å². The van der Waals surface area contributed by atoms with Crippen molar-refractivity contribution in [1.82, 2.24) is 0 Å². The second-order valence-corrected chi connectivity index (χ2v) is 5.78. The maximum Gasteiger partial charge on any atom is -0.00258 e. The Morgan fingerprint density at radius 2 is 1.42 bits per heavy atom. The van der Waals surface area contributed by atoms with Crippen LogP contribution < -0.4 is 5.73 Å². The first-order chi connectivity index (χ1) is 5.27. The van der Waals surface area contributed by atoms with Crippen LogP contribution in [0.4, 0.5) is 0 Å². The summed E-state index contributed by atoms with van der Waals surface area (Å²) >= 11 is 0. The number of hydrogen-bond donors (Lipinski definition) is 1. The molecule has 0 aromatic rings. The first-order valence-electron chi connectivity index (χ1n) is 4.97. The van der Waals surface area contributed by atoms with E-state index in [0.717, 1.165) is 6.54 Å². The highest BCUT2D eigenvalue weighted by Gasteiger charge is 2.17. The summed E-state index contributed by atoms with van der Waals surface area (Å²) in [4.78, 5) is 0. The highest BCUT2D eigenvalue weighted by Crippen LogP contribution is 2.27. The number of hydrogen-bond acceptors (Lipinski definition) is 1. The van der Waals surface area contributed by atoms with Gasteiger partial charge in [0, 0.05) is 0 Å². The second kappa shape index (κ2) is 4.27. The summed E-state index contributed by atoms with van der Waals surface area (Å²) in [6, 6.07) is 0. The lowest BCUT2D eigenvalue weighted by molar-refractivity contribution is 0.288. The van der Waals surface area contributed by atoms with Gasteiger partial charge in [0.15, 0.2) is 0 Å². The molecule has 0 amide bonds. The fraction of sp³-hybridized carbons (Fsp3) is 1.00. The lowest BCUT2D eigenvalue weighted by Gasteiger charge is -2.25. The van der Waals surface area contributed by atoms with Crippen molar-refractivity contribution in [2.75, 3.05) is 6.54 Å². The van der Waals surface area contributed by atoms with Crippen LogP contribution in [0.25, 0.3) is 0 Å². The van der Waals surface area contributed by atoms with Gasteiger partial charge in [-0.25, -0.2) is 0 Å². The molecule has 0 spiro atoms. The summed E-state index contributed by atoms with van der Waals surface area (Å²) in [6.45, 7) is 12.2. The standard InChI is InChI=1S/C11H25N/c1-10(2,3)7-6-8-11(4,5)9-12/h6-9,12H2,1-5H3. The van der Waals surface area contributed by atoms with Gasteiger partial charge >= 0.3 is 0 Å². The molecule has 0 aromatic carbocycles. The fourth-order valence-corrected chi connectivity index (χ4v) is 1.20. The van der Waals surface area contributed by atoms with Gasteiger partial charge in [0.25, 0.3) is 0 Å². The third-order valence-electron chi connectivity index (χ3n) is 2.33. The van der Waals surface area contributed by atoms with Crippen LogP contribution in [0.1, 0.15) is 53.9 Å². The third-order valence-corrected chi connectivity index (χ3v) is 2.33. The van der Waals surface area contributed by atoms with E-state index in [1.54, 1.807) is 0 Å². The van der Waals surface area contributed by atoms with Gasteiger partial charge in [-0.3, -0.25) is 0 Å². The molecule has 0 aromatic heterocycles. The average Bonchev–Trinajstić information content (AvgIpc) is 1.84. The highest BCUT2D eigenvalue weighted by atomic mass is 14.6. The van der Waals surface area contributed by atoms with E-state index < -0.39 is 0 Å². The van der Waals surface area contributed by atoms with E-state index in [2.05, 4.69) is 34.6 Å². The SMILES string of the molecule is CC(C)(C)CCCC(C)(C)CN. The predicted molar refractivity (Wildman–Crippen MR) is 56.1 cm³/mol. The summed E-state index contributed by atoms with van der Waals surface area (Å²) in [6.07, 6.45) is 3.85. The van der Waals surface area contributed by atoms with Crippen molar-refractivity contribution in [3.63, 3.8) is 0 Å². The molecule has 74 valence electrons. The predicted octanol–water partition coefficient (Wildman–Crippen LogP) is 3.19. The number of nitrogens with two attached hydrogens (primary N) is 1. The summed E-state index contributed by atoms with van der Waals surface area (Å²) in [5, 5.41) is 0. The first-order valence-corrected chi connectivity index (χ1v) is 4.97. The summed E-state index contributed by atoms with van der Waals surface area (Å²) in [7, 11) is 0. The smallest absolute Gasteiger partial charge is 0.00258 e. The molecule has 0 unspecified atom stereocenters. The van der Waals surface area contributed by atoms with Crippen molar-refractivity contribution in [1.29, 1.82) is 0 Å². The molecule has 2 N–H and O–H groups in total. The summed E-state index contributed by atoms with van der Waals surface area (Å²) in [5.74, 6) is 0. The summed E-state index contributed by atoms with van der Waals surface area (Å²) < 4.78 is 0. The molecule has 1 heteroatoms. The largest absolute Gasteiger partial charge is 0.330 e. The topological polar surface area (TPSA) is 26.0 Å². The first kappa shape index (κ1) is 12.0. The van der Waals surface area contributed by atoms with Crippen molar-refractivity contribution in [3.05, 3.63) is 0 Å². The van der Waals surface area contributed by atoms with Crippen LogP contribution in [0, 0.1) is 10.8 Å². The van der Waals surface area contributed by atoms with Gasteiger partial charge in [-0.2, -0.15) is 0 Å². The van der Waals surface area contributed by atoms with Gasteiger partial charge in [0.2, 0.25) is 0 Å². The quantitative estimate of drug-likeness (QED) is 0.690. The van der Waals surface area contributed by atoms with Crippen LogP contribution in [-0.4, -0.2) is 6.54 Å². The van der Waals surface area contributed by atoms with Gasteiger partial charge < -0.3 is 5.73 Å². The van der Waals surface area contributed by atoms with Crippen LogP contribution in [0.2, 0.25) is 0 Å². The Kier molecular flexibility index (Phi) is 4.25. The molecule has 0 aliphatic rings. The van der Waals surface area contributed by atoms with Crippen LogP contribution in [0.5, 0.6) is 0 Å². The van der Waals surface area contributed by atoms with E-state index >= 15 is 0 Å². The highest BCUT2D eigenvalue weighted by molar-refractivity contribution is 4.71. The molecule has 0 aliphatic heterocycles. The van der Waals surface area contributed by atoms with Crippen LogP contribution >= 0.6 is 0 Å². The molecule has 0 radical (unpaired) electrons. The van der Waals surface area contributed by atoms with Gasteiger partial charge in [0.1, 0.15) is 0 Å². The van der Waals surface area contributed by atoms with E-state index in [4.69, 9.17) is 5.73 Å². The molecular weight excluding hydrogens is 146 g/mol. The van der Waals surface area contributed by atoms with Gasteiger partial charge in [0.05, 0.1) is 0 Å². The van der Waals surface area contributed by atoms with E-state index in [-0.39, 0.29) is 0 Å².